The molecule has 0 unspecified atom stereocenters. The number of alkyl halides is 3. The van der Waals surface area contributed by atoms with Gasteiger partial charge in [-0.25, -0.2) is 0 Å². The summed E-state index contributed by atoms with van der Waals surface area (Å²) in [6, 6.07) is 5.70. The number of nitriles is 1. The molecule has 0 saturated carbocycles. The Bertz CT molecular complexity index is 711. The van der Waals surface area contributed by atoms with Gasteiger partial charge in [-0.15, -0.1) is 11.3 Å². The fraction of sp³-hybridized carbons (Fsp3) is 0.250. The van der Waals surface area contributed by atoms with Crippen molar-refractivity contribution in [3.05, 3.63) is 28.8 Å². The van der Waals surface area contributed by atoms with Crippen molar-refractivity contribution in [3.8, 4) is 16.6 Å². The number of rotatable bonds is 3. The third kappa shape index (κ3) is 3.22. The predicted octanol–water partition coefficient (Wildman–Crippen LogP) is 2.42. The Kier molecular flexibility index (Phi) is 3.99. The van der Waals surface area contributed by atoms with Crippen LogP contribution in [-0.4, -0.2) is 22.2 Å². The maximum absolute atomic E-state index is 12.7. The standard InChI is InChI=1S/C12H9F3N4OS/c1-19-10(12(13,14)15)6-7(18-19)8-2-3-9(21-8)11(20)17-5-4-16/h2-3,6H,5H2,1H3,(H,17,20). The molecule has 0 bridgehead atoms. The van der Waals surface area contributed by atoms with Crippen molar-refractivity contribution in [3.63, 3.8) is 0 Å². The maximum Gasteiger partial charge on any atom is 0.433 e. The molecule has 1 amide bonds. The molecule has 0 aromatic carbocycles. The second kappa shape index (κ2) is 5.57. The molecule has 0 spiro atoms. The third-order valence-corrected chi connectivity index (χ3v) is 3.69. The molecule has 0 fully saturated rings. The number of aromatic nitrogens is 2. The molecule has 9 heteroatoms. The number of amides is 1. The van der Waals surface area contributed by atoms with E-state index in [4.69, 9.17) is 5.26 Å². The van der Waals surface area contributed by atoms with Crippen molar-refractivity contribution in [1.82, 2.24) is 15.1 Å². The minimum absolute atomic E-state index is 0.131. The quantitative estimate of drug-likeness (QED) is 0.885. The predicted molar refractivity (Wildman–Crippen MR) is 69.5 cm³/mol. The van der Waals surface area contributed by atoms with Crippen LogP contribution in [0.5, 0.6) is 0 Å². The van der Waals surface area contributed by atoms with Gasteiger partial charge in [0, 0.05) is 7.05 Å². The van der Waals surface area contributed by atoms with E-state index < -0.39 is 17.8 Å². The van der Waals surface area contributed by atoms with Gasteiger partial charge < -0.3 is 5.32 Å². The van der Waals surface area contributed by atoms with Crippen LogP contribution < -0.4 is 5.32 Å². The largest absolute Gasteiger partial charge is 0.433 e. The first-order valence-corrected chi connectivity index (χ1v) is 6.51. The molecule has 2 rings (SSSR count). The van der Waals surface area contributed by atoms with E-state index in [0.717, 1.165) is 22.1 Å². The summed E-state index contributed by atoms with van der Waals surface area (Å²) in [5.74, 6) is -0.445. The van der Waals surface area contributed by atoms with E-state index in [1.807, 2.05) is 0 Å². The first kappa shape index (κ1) is 15.1. The van der Waals surface area contributed by atoms with Gasteiger partial charge in [-0.2, -0.15) is 23.5 Å². The van der Waals surface area contributed by atoms with E-state index >= 15 is 0 Å². The van der Waals surface area contributed by atoms with Gasteiger partial charge in [-0.1, -0.05) is 0 Å². The van der Waals surface area contributed by atoms with Crippen LogP contribution in [0.15, 0.2) is 18.2 Å². The van der Waals surface area contributed by atoms with Crippen molar-refractivity contribution in [1.29, 1.82) is 5.26 Å². The van der Waals surface area contributed by atoms with Gasteiger partial charge >= 0.3 is 6.18 Å². The highest BCUT2D eigenvalue weighted by molar-refractivity contribution is 7.17. The van der Waals surface area contributed by atoms with E-state index in [1.165, 1.54) is 19.2 Å². The molecule has 2 aromatic rings. The highest BCUT2D eigenvalue weighted by Crippen LogP contribution is 2.34. The summed E-state index contributed by atoms with van der Waals surface area (Å²) in [4.78, 5) is 12.4. The summed E-state index contributed by atoms with van der Waals surface area (Å²) in [6.07, 6.45) is -4.48. The molecule has 0 aliphatic heterocycles. The second-order valence-electron chi connectivity index (χ2n) is 4.04. The molecule has 0 aliphatic carbocycles. The molecule has 21 heavy (non-hydrogen) atoms. The first-order valence-electron chi connectivity index (χ1n) is 5.69. The molecule has 0 radical (unpaired) electrons. The normalized spacial score (nSPS) is 11.2. The number of hydrogen-bond donors (Lipinski definition) is 1. The topological polar surface area (TPSA) is 70.7 Å². The van der Waals surface area contributed by atoms with Gasteiger partial charge in [-0.05, 0) is 18.2 Å². The lowest BCUT2D eigenvalue weighted by Gasteiger charge is -2.04. The summed E-state index contributed by atoms with van der Waals surface area (Å²) in [6.45, 7) is -0.131. The molecule has 0 atom stereocenters. The van der Waals surface area contributed by atoms with Crippen LogP contribution in [0.25, 0.3) is 10.6 Å². The van der Waals surface area contributed by atoms with Gasteiger partial charge in [0.05, 0.1) is 15.8 Å². The molecular weight excluding hydrogens is 305 g/mol. The van der Waals surface area contributed by atoms with Crippen molar-refractivity contribution >= 4 is 17.2 Å². The highest BCUT2D eigenvalue weighted by Gasteiger charge is 2.35. The van der Waals surface area contributed by atoms with Crippen LogP contribution in [0.4, 0.5) is 13.2 Å². The zero-order valence-corrected chi connectivity index (χ0v) is 11.5. The average Bonchev–Trinajstić information content (AvgIpc) is 3.01. The van der Waals surface area contributed by atoms with Crippen molar-refractivity contribution in [2.24, 2.45) is 7.05 Å². The van der Waals surface area contributed by atoms with Gasteiger partial charge in [0.2, 0.25) is 0 Å². The number of carbonyl (C=O) groups is 1. The number of aryl methyl sites for hydroxylation is 1. The van der Waals surface area contributed by atoms with E-state index in [1.54, 1.807) is 6.07 Å². The summed E-state index contributed by atoms with van der Waals surface area (Å²) in [7, 11) is 1.21. The van der Waals surface area contributed by atoms with Crippen LogP contribution in [0.3, 0.4) is 0 Å². The van der Waals surface area contributed by atoms with Gasteiger partial charge in [-0.3, -0.25) is 9.48 Å². The fourth-order valence-electron chi connectivity index (χ4n) is 1.66. The number of nitrogens with one attached hydrogen (secondary N) is 1. The number of hydrogen-bond acceptors (Lipinski definition) is 4. The molecule has 2 aromatic heterocycles. The average molecular weight is 314 g/mol. The van der Waals surface area contributed by atoms with Crippen LogP contribution >= 0.6 is 11.3 Å². The smallest absolute Gasteiger partial charge is 0.338 e. The Hall–Kier alpha value is -2.34. The lowest BCUT2D eigenvalue weighted by Crippen LogP contribution is -2.22. The van der Waals surface area contributed by atoms with Gasteiger partial charge in [0.25, 0.3) is 5.91 Å². The van der Waals surface area contributed by atoms with Crippen molar-refractivity contribution in [2.45, 2.75) is 6.18 Å². The second-order valence-corrected chi connectivity index (χ2v) is 5.12. The van der Waals surface area contributed by atoms with Gasteiger partial charge in [0.1, 0.15) is 17.9 Å². The fourth-order valence-corrected chi connectivity index (χ4v) is 2.54. The highest BCUT2D eigenvalue weighted by atomic mass is 32.1. The SMILES string of the molecule is Cn1nc(-c2ccc(C(=O)NCC#N)s2)cc1C(F)(F)F. The Morgan fingerprint density at radius 1 is 1.52 bits per heavy atom. The Balaban J connectivity index is 2.27. The molecule has 110 valence electrons. The van der Waals surface area contributed by atoms with Crippen LogP contribution in [-0.2, 0) is 13.2 Å². The number of nitrogens with zero attached hydrogens (tertiary/aromatic N) is 3. The van der Waals surface area contributed by atoms with E-state index in [2.05, 4.69) is 10.4 Å². The van der Waals surface area contributed by atoms with E-state index in [-0.39, 0.29) is 12.2 Å². The number of halogens is 3. The zero-order chi connectivity index (χ0) is 15.6. The van der Waals surface area contributed by atoms with E-state index in [0.29, 0.717) is 9.75 Å². The molecular formula is C12H9F3N4OS. The third-order valence-electron chi connectivity index (χ3n) is 2.58. The first-order chi connectivity index (χ1) is 9.82. The molecule has 1 N–H and O–H groups in total. The lowest BCUT2D eigenvalue weighted by atomic mass is 10.3. The molecule has 5 nitrogen and oxygen atoms in total. The molecule has 2 heterocycles. The number of thiophene rings is 1. The van der Waals surface area contributed by atoms with Crippen molar-refractivity contribution in [2.75, 3.05) is 6.54 Å². The van der Waals surface area contributed by atoms with Crippen LogP contribution in [0, 0.1) is 11.3 Å². The number of carbonyl (C=O) groups excluding carboxylic acids is 1. The molecule has 0 saturated heterocycles. The summed E-state index contributed by atoms with van der Waals surface area (Å²) < 4.78 is 38.8. The lowest BCUT2D eigenvalue weighted by molar-refractivity contribution is -0.143. The Morgan fingerprint density at radius 3 is 2.81 bits per heavy atom. The summed E-state index contributed by atoms with van der Waals surface area (Å²) >= 11 is 1.01. The Labute approximate surface area is 121 Å². The van der Waals surface area contributed by atoms with E-state index in [9.17, 15) is 18.0 Å². The van der Waals surface area contributed by atoms with Crippen molar-refractivity contribution < 1.29 is 18.0 Å². The molecule has 0 aliphatic rings. The maximum atomic E-state index is 12.7. The monoisotopic (exact) mass is 314 g/mol. The Morgan fingerprint density at radius 2 is 2.24 bits per heavy atom. The summed E-state index contributed by atoms with van der Waals surface area (Å²) in [5, 5.41) is 14.5. The van der Waals surface area contributed by atoms with Crippen LogP contribution in [0.1, 0.15) is 15.4 Å². The zero-order valence-electron chi connectivity index (χ0n) is 10.7. The minimum Gasteiger partial charge on any atom is -0.338 e. The summed E-state index contributed by atoms with van der Waals surface area (Å²) in [5.41, 5.74) is -0.712. The van der Waals surface area contributed by atoms with Gasteiger partial charge in [0.15, 0.2) is 0 Å². The minimum atomic E-state index is -4.48. The van der Waals surface area contributed by atoms with Crippen LogP contribution in [0.2, 0.25) is 0 Å².